The Labute approximate surface area is 115 Å². The molecule has 0 saturated carbocycles. The monoisotopic (exact) mass is 273 g/mol. The molecule has 0 aromatic carbocycles. The summed E-state index contributed by atoms with van der Waals surface area (Å²) >= 11 is 0. The average molecular weight is 273 g/mol. The molecule has 1 saturated heterocycles. The number of hydrogen-bond donors (Lipinski definition) is 1. The second-order valence-corrected chi connectivity index (χ2v) is 6.37. The molecule has 1 atom stereocenters. The van der Waals surface area contributed by atoms with Gasteiger partial charge in [-0.1, -0.05) is 58.3 Å². The highest BCUT2D eigenvalue weighted by Crippen LogP contribution is 2.16. The molecule has 1 fully saturated rings. The van der Waals surface area contributed by atoms with Crippen molar-refractivity contribution in [2.75, 3.05) is 13.2 Å². The van der Waals surface area contributed by atoms with Gasteiger partial charge in [0.05, 0.1) is 0 Å². The fourth-order valence-electron chi connectivity index (χ4n) is 2.48. The minimum absolute atomic E-state index is 0.720. The van der Waals surface area contributed by atoms with Crippen LogP contribution in [0.1, 0.15) is 71.1 Å². The van der Waals surface area contributed by atoms with Crippen LogP contribution in [-0.2, 0) is 8.95 Å². The van der Waals surface area contributed by atoms with Crippen molar-refractivity contribution in [1.82, 2.24) is 5.48 Å². The lowest BCUT2D eigenvalue weighted by Gasteiger charge is -2.20. The van der Waals surface area contributed by atoms with Gasteiger partial charge in [-0.25, -0.2) is 5.48 Å². The van der Waals surface area contributed by atoms with Crippen molar-refractivity contribution in [2.24, 2.45) is 5.92 Å². The third-order valence-electron chi connectivity index (χ3n) is 3.75. The highest BCUT2D eigenvalue weighted by atomic mass is 28.3. The Hall–Kier alpha value is 0.0969. The van der Waals surface area contributed by atoms with Crippen LogP contribution in [0, 0.1) is 5.92 Å². The number of rotatable bonds is 9. The normalized spacial score (nSPS) is 22.8. The SMILES string of the molecule is CCCCCCCCCCC1CCO[SiH2]ONC1. The molecule has 1 aliphatic rings. The summed E-state index contributed by atoms with van der Waals surface area (Å²) in [5.41, 5.74) is 3.05. The van der Waals surface area contributed by atoms with E-state index in [0.29, 0.717) is 0 Å². The van der Waals surface area contributed by atoms with Crippen LogP contribution in [0.15, 0.2) is 0 Å². The van der Waals surface area contributed by atoms with E-state index in [0.717, 1.165) is 19.1 Å². The summed E-state index contributed by atoms with van der Waals surface area (Å²) in [6.45, 7) is 4.21. The Kier molecular flexibility index (Phi) is 10.9. The van der Waals surface area contributed by atoms with Crippen molar-refractivity contribution < 1.29 is 8.95 Å². The summed E-state index contributed by atoms with van der Waals surface area (Å²) in [5.74, 6) is 0.749. The van der Waals surface area contributed by atoms with Crippen LogP contribution in [0.2, 0.25) is 0 Å². The Morgan fingerprint density at radius 3 is 2.56 bits per heavy atom. The fourth-order valence-corrected chi connectivity index (χ4v) is 3.05. The molecule has 0 aromatic heterocycles. The molecule has 18 heavy (non-hydrogen) atoms. The molecule has 1 aliphatic heterocycles. The van der Waals surface area contributed by atoms with Gasteiger partial charge in [-0.3, -0.25) is 0 Å². The quantitative estimate of drug-likeness (QED) is 0.517. The largest absolute Gasteiger partial charge is 0.398 e. The number of hydrogen-bond acceptors (Lipinski definition) is 3. The lowest BCUT2D eigenvalue weighted by atomic mass is 9.97. The molecule has 4 heteroatoms. The predicted octanol–water partition coefficient (Wildman–Crippen LogP) is 3.07. The Bertz CT molecular complexity index is 173. The lowest BCUT2D eigenvalue weighted by Crippen LogP contribution is -2.30. The first-order valence-corrected chi connectivity index (χ1v) is 9.01. The fraction of sp³-hybridized carbons (Fsp3) is 1.00. The summed E-state index contributed by atoms with van der Waals surface area (Å²) in [7, 11) is -0.720. The summed E-state index contributed by atoms with van der Waals surface area (Å²) in [4.78, 5) is 0. The van der Waals surface area contributed by atoms with Crippen LogP contribution in [0.3, 0.4) is 0 Å². The maximum absolute atomic E-state index is 5.44. The first-order chi connectivity index (χ1) is 8.93. The van der Waals surface area contributed by atoms with Crippen LogP contribution < -0.4 is 5.48 Å². The van der Waals surface area contributed by atoms with Gasteiger partial charge in [-0.05, 0) is 18.8 Å². The van der Waals surface area contributed by atoms with E-state index in [4.69, 9.17) is 8.95 Å². The highest BCUT2D eigenvalue weighted by molar-refractivity contribution is 6.17. The summed E-state index contributed by atoms with van der Waals surface area (Å²) in [6.07, 6.45) is 13.8. The zero-order chi connectivity index (χ0) is 12.9. The van der Waals surface area contributed by atoms with Crippen molar-refractivity contribution in [1.29, 1.82) is 0 Å². The minimum Gasteiger partial charge on any atom is -0.398 e. The van der Waals surface area contributed by atoms with Crippen LogP contribution in [0.5, 0.6) is 0 Å². The molecule has 0 spiro atoms. The molecule has 0 bridgehead atoms. The summed E-state index contributed by atoms with van der Waals surface area (Å²) < 4.78 is 10.7. The maximum atomic E-state index is 5.44. The third-order valence-corrected chi connectivity index (χ3v) is 4.53. The molecule has 1 unspecified atom stereocenters. The molecule has 0 aliphatic carbocycles. The predicted molar refractivity (Wildman–Crippen MR) is 78.9 cm³/mol. The first kappa shape index (κ1) is 16.2. The van der Waals surface area contributed by atoms with E-state index in [-0.39, 0.29) is 0 Å². The van der Waals surface area contributed by atoms with Crippen LogP contribution in [0.25, 0.3) is 0 Å². The van der Waals surface area contributed by atoms with Gasteiger partial charge < -0.3 is 8.95 Å². The molecule has 3 nitrogen and oxygen atoms in total. The van der Waals surface area contributed by atoms with Crippen LogP contribution in [-0.4, -0.2) is 23.2 Å². The lowest BCUT2D eigenvalue weighted by molar-refractivity contribution is 0.101. The number of nitrogens with one attached hydrogen (secondary N) is 1. The number of hydroxylamine groups is 1. The Morgan fingerprint density at radius 2 is 1.78 bits per heavy atom. The summed E-state index contributed by atoms with van der Waals surface area (Å²) in [5, 5.41) is 0. The molecule has 108 valence electrons. The third kappa shape index (κ3) is 9.08. The Morgan fingerprint density at radius 1 is 1.06 bits per heavy atom. The van der Waals surface area contributed by atoms with E-state index >= 15 is 0 Å². The minimum atomic E-state index is -0.720. The van der Waals surface area contributed by atoms with E-state index in [9.17, 15) is 0 Å². The molecule has 0 aromatic rings. The van der Waals surface area contributed by atoms with E-state index in [1.165, 1.54) is 64.2 Å². The standard InChI is InChI=1S/C14H31NO2Si/c1-2-3-4-5-6-7-8-9-10-14-11-12-16-18-17-15-13-14/h14-15H,2-13,18H2,1H3. The van der Waals surface area contributed by atoms with Gasteiger partial charge in [0.1, 0.15) is 0 Å². The van der Waals surface area contributed by atoms with Crippen molar-refractivity contribution in [3.8, 4) is 0 Å². The van der Waals surface area contributed by atoms with E-state index < -0.39 is 10.0 Å². The van der Waals surface area contributed by atoms with Crippen LogP contribution in [0.4, 0.5) is 0 Å². The van der Waals surface area contributed by atoms with Crippen molar-refractivity contribution in [3.63, 3.8) is 0 Å². The molecule has 0 radical (unpaired) electrons. The maximum Gasteiger partial charge on any atom is 0.326 e. The number of unbranched alkanes of at least 4 members (excludes halogenated alkanes) is 7. The van der Waals surface area contributed by atoms with Gasteiger partial charge in [-0.15, -0.1) is 0 Å². The summed E-state index contributed by atoms with van der Waals surface area (Å²) in [6, 6.07) is 0. The second kappa shape index (κ2) is 12.1. The van der Waals surface area contributed by atoms with Gasteiger partial charge in [0.15, 0.2) is 0 Å². The van der Waals surface area contributed by atoms with Crippen molar-refractivity contribution in [3.05, 3.63) is 0 Å². The molecule has 1 N–H and O–H groups in total. The molecular formula is C14H31NO2Si. The molecule has 0 amide bonds. The first-order valence-electron chi connectivity index (χ1n) is 7.86. The van der Waals surface area contributed by atoms with E-state index in [1.54, 1.807) is 0 Å². The van der Waals surface area contributed by atoms with Gasteiger partial charge in [0, 0.05) is 13.2 Å². The molecule has 1 rings (SSSR count). The smallest absolute Gasteiger partial charge is 0.326 e. The van der Waals surface area contributed by atoms with Gasteiger partial charge in [0.25, 0.3) is 0 Å². The topological polar surface area (TPSA) is 30.5 Å². The van der Waals surface area contributed by atoms with E-state index in [1.807, 2.05) is 0 Å². The second-order valence-electron chi connectivity index (χ2n) is 5.44. The van der Waals surface area contributed by atoms with Crippen LogP contribution >= 0.6 is 0 Å². The van der Waals surface area contributed by atoms with Gasteiger partial charge >= 0.3 is 10.0 Å². The van der Waals surface area contributed by atoms with E-state index in [2.05, 4.69) is 12.4 Å². The van der Waals surface area contributed by atoms with Gasteiger partial charge in [0.2, 0.25) is 0 Å². The Balaban J connectivity index is 1.86. The average Bonchev–Trinajstić information content (AvgIpc) is 2.34. The molecular weight excluding hydrogens is 242 g/mol. The van der Waals surface area contributed by atoms with Gasteiger partial charge in [-0.2, -0.15) is 0 Å². The zero-order valence-corrected chi connectivity index (χ0v) is 13.5. The van der Waals surface area contributed by atoms with Crippen molar-refractivity contribution in [2.45, 2.75) is 71.1 Å². The molecule has 1 heterocycles. The van der Waals surface area contributed by atoms with Crippen molar-refractivity contribution >= 4 is 10.0 Å². The zero-order valence-electron chi connectivity index (χ0n) is 12.1. The highest BCUT2D eigenvalue weighted by Gasteiger charge is 2.10.